The zero-order valence-electron chi connectivity index (χ0n) is 12.5. The van der Waals surface area contributed by atoms with Gasteiger partial charge in [-0.05, 0) is 30.5 Å². The van der Waals surface area contributed by atoms with Crippen molar-refractivity contribution in [3.8, 4) is 6.07 Å². The minimum atomic E-state index is -1.22. The summed E-state index contributed by atoms with van der Waals surface area (Å²) in [4.78, 5) is 10.2. The third-order valence-electron chi connectivity index (χ3n) is 4.15. The molecule has 0 N–H and O–H groups in total. The first-order valence-corrected chi connectivity index (χ1v) is 7.86. The number of alkyl halides is 1. The lowest BCUT2D eigenvalue weighted by Gasteiger charge is -2.37. The summed E-state index contributed by atoms with van der Waals surface area (Å²) in [5.74, 6) is 0.637. The summed E-state index contributed by atoms with van der Waals surface area (Å²) in [5, 5.41) is 9.55. The Bertz CT molecular complexity index is 718. The number of anilines is 1. The van der Waals surface area contributed by atoms with Crippen molar-refractivity contribution in [2.45, 2.75) is 24.9 Å². The zero-order valence-corrected chi connectivity index (χ0v) is 13.3. The zero-order chi connectivity index (χ0) is 16.3. The predicted octanol–water partition coefficient (Wildman–Crippen LogP) is 3.55. The van der Waals surface area contributed by atoms with Gasteiger partial charge in [0, 0.05) is 24.5 Å². The summed E-state index contributed by atoms with van der Waals surface area (Å²) >= 11 is 5.86. The Morgan fingerprint density at radius 3 is 2.57 bits per heavy atom. The summed E-state index contributed by atoms with van der Waals surface area (Å²) in [7, 11) is 0. The molecule has 0 aliphatic carbocycles. The molecule has 1 aromatic carbocycles. The van der Waals surface area contributed by atoms with Gasteiger partial charge < -0.3 is 4.90 Å². The first-order chi connectivity index (χ1) is 11.1. The van der Waals surface area contributed by atoms with Gasteiger partial charge in [0.25, 0.3) is 0 Å². The van der Waals surface area contributed by atoms with Crippen LogP contribution in [0.2, 0.25) is 5.02 Å². The van der Waals surface area contributed by atoms with E-state index in [1.165, 1.54) is 6.20 Å². The minimum absolute atomic E-state index is 0.278. The van der Waals surface area contributed by atoms with Gasteiger partial charge in [-0.3, -0.25) is 4.98 Å². The van der Waals surface area contributed by atoms with Crippen molar-refractivity contribution in [1.82, 2.24) is 9.97 Å². The molecule has 3 rings (SSSR count). The number of rotatable bonds is 3. The van der Waals surface area contributed by atoms with E-state index >= 15 is 4.39 Å². The Labute approximate surface area is 139 Å². The molecule has 0 amide bonds. The Morgan fingerprint density at radius 2 is 1.91 bits per heavy atom. The van der Waals surface area contributed by atoms with E-state index in [-0.39, 0.29) is 5.69 Å². The monoisotopic (exact) mass is 330 g/mol. The van der Waals surface area contributed by atoms with Gasteiger partial charge in [0.05, 0.1) is 12.4 Å². The summed E-state index contributed by atoms with van der Waals surface area (Å²) in [6.07, 6.45) is 4.28. The van der Waals surface area contributed by atoms with Crippen molar-refractivity contribution in [2.75, 3.05) is 18.0 Å². The fourth-order valence-electron chi connectivity index (χ4n) is 2.84. The van der Waals surface area contributed by atoms with Gasteiger partial charge in [-0.15, -0.1) is 0 Å². The highest BCUT2D eigenvalue weighted by Crippen LogP contribution is 2.32. The smallest absolute Gasteiger partial charge is 0.161 e. The number of hydrogen-bond acceptors (Lipinski definition) is 4. The van der Waals surface area contributed by atoms with Crippen molar-refractivity contribution < 1.29 is 4.39 Å². The molecule has 1 aliphatic heterocycles. The average Bonchev–Trinajstić information content (AvgIpc) is 2.57. The molecule has 0 radical (unpaired) electrons. The van der Waals surface area contributed by atoms with E-state index in [2.05, 4.69) is 9.97 Å². The van der Waals surface area contributed by atoms with E-state index in [1.54, 1.807) is 18.3 Å². The van der Waals surface area contributed by atoms with Gasteiger partial charge in [0.2, 0.25) is 0 Å². The first-order valence-electron chi connectivity index (χ1n) is 7.48. The minimum Gasteiger partial charge on any atom is -0.355 e. The molecule has 1 aliphatic rings. The summed E-state index contributed by atoms with van der Waals surface area (Å²) in [5.41, 5.74) is 0.0160. The number of piperidine rings is 1. The molecule has 23 heavy (non-hydrogen) atoms. The number of nitrogens with zero attached hydrogens (tertiary/aromatic N) is 4. The third-order valence-corrected chi connectivity index (χ3v) is 4.41. The van der Waals surface area contributed by atoms with Crippen LogP contribution in [0, 0.1) is 11.3 Å². The molecule has 2 heterocycles. The van der Waals surface area contributed by atoms with Crippen LogP contribution in [0.5, 0.6) is 0 Å². The van der Waals surface area contributed by atoms with E-state index in [4.69, 9.17) is 16.9 Å². The maximum Gasteiger partial charge on any atom is 0.161 e. The second kappa shape index (κ2) is 6.51. The fourth-order valence-corrected chi connectivity index (χ4v) is 2.97. The molecule has 1 aromatic heterocycles. The summed E-state index contributed by atoms with van der Waals surface area (Å²) in [6.45, 7) is 1.13. The summed E-state index contributed by atoms with van der Waals surface area (Å²) < 4.78 is 15.0. The van der Waals surface area contributed by atoms with Crippen molar-refractivity contribution in [2.24, 2.45) is 0 Å². The Morgan fingerprint density at radius 1 is 1.22 bits per heavy atom. The Kier molecular flexibility index (Phi) is 4.44. The van der Waals surface area contributed by atoms with Crippen molar-refractivity contribution in [3.05, 3.63) is 52.9 Å². The van der Waals surface area contributed by atoms with Crippen LogP contribution < -0.4 is 4.90 Å². The van der Waals surface area contributed by atoms with E-state index in [0.717, 1.165) is 5.56 Å². The van der Waals surface area contributed by atoms with Crippen LogP contribution in [0.4, 0.5) is 10.2 Å². The Hall–Kier alpha value is -2.19. The van der Waals surface area contributed by atoms with Crippen LogP contribution in [-0.4, -0.2) is 28.7 Å². The molecule has 4 nitrogen and oxygen atoms in total. The molecule has 1 saturated heterocycles. The lowest BCUT2D eigenvalue weighted by atomic mass is 9.87. The molecule has 0 saturated carbocycles. The molecule has 2 aromatic rings. The lowest BCUT2D eigenvalue weighted by molar-refractivity contribution is 0.125. The van der Waals surface area contributed by atoms with Gasteiger partial charge in [0.1, 0.15) is 17.6 Å². The van der Waals surface area contributed by atoms with Crippen LogP contribution in [-0.2, 0) is 6.42 Å². The standard InChI is InChI=1S/C17H16ClFN4/c18-14-3-1-13(2-4-14)9-17(19)5-7-23(8-6-17)16-12-21-11-15(10-20)22-16/h1-4,11-12H,5-9H2. The third kappa shape index (κ3) is 3.77. The highest BCUT2D eigenvalue weighted by Gasteiger charge is 2.35. The molecular formula is C17H16ClFN4. The van der Waals surface area contributed by atoms with Gasteiger partial charge >= 0.3 is 0 Å². The largest absolute Gasteiger partial charge is 0.355 e. The van der Waals surface area contributed by atoms with Crippen LogP contribution in [0.15, 0.2) is 36.7 Å². The predicted molar refractivity (Wildman–Crippen MR) is 87.2 cm³/mol. The van der Waals surface area contributed by atoms with Gasteiger partial charge in [-0.1, -0.05) is 23.7 Å². The fraction of sp³-hybridized carbons (Fsp3) is 0.353. The Balaban J connectivity index is 1.65. The topological polar surface area (TPSA) is 52.8 Å². The molecule has 0 unspecified atom stereocenters. The average molecular weight is 331 g/mol. The maximum absolute atomic E-state index is 15.0. The number of benzene rings is 1. The molecule has 6 heteroatoms. The van der Waals surface area contributed by atoms with Crippen molar-refractivity contribution in [1.29, 1.82) is 5.26 Å². The highest BCUT2D eigenvalue weighted by molar-refractivity contribution is 6.30. The van der Waals surface area contributed by atoms with Crippen molar-refractivity contribution >= 4 is 17.4 Å². The van der Waals surface area contributed by atoms with Crippen LogP contribution in [0.25, 0.3) is 0 Å². The normalized spacial score (nSPS) is 16.8. The molecule has 0 bridgehead atoms. The second-order valence-corrected chi connectivity index (χ2v) is 6.25. The molecular weight excluding hydrogens is 315 g/mol. The van der Waals surface area contributed by atoms with Crippen molar-refractivity contribution in [3.63, 3.8) is 0 Å². The summed E-state index contributed by atoms with van der Waals surface area (Å²) in [6, 6.07) is 9.30. The first kappa shape index (κ1) is 15.7. The number of hydrogen-bond donors (Lipinski definition) is 0. The van der Waals surface area contributed by atoms with E-state index < -0.39 is 5.67 Å². The van der Waals surface area contributed by atoms with Crippen LogP contribution in [0.3, 0.4) is 0 Å². The van der Waals surface area contributed by atoms with Gasteiger partial charge in [0.15, 0.2) is 5.69 Å². The van der Waals surface area contributed by atoms with E-state index in [9.17, 15) is 0 Å². The van der Waals surface area contributed by atoms with E-state index in [1.807, 2.05) is 23.1 Å². The van der Waals surface area contributed by atoms with Gasteiger partial charge in [-0.2, -0.15) is 5.26 Å². The van der Waals surface area contributed by atoms with Gasteiger partial charge in [-0.25, -0.2) is 9.37 Å². The molecule has 118 valence electrons. The quantitative estimate of drug-likeness (QED) is 0.863. The number of halogens is 2. The molecule has 0 spiro atoms. The molecule has 0 atom stereocenters. The molecule has 1 fully saturated rings. The second-order valence-electron chi connectivity index (χ2n) is 5.82. The van der Waals surface area contributed by atoms with Crippen LogP contribution in [0.1, 0.15) is 24.1 Å². The highest BCUT2D eigenvalue weighted by atomic mass is 35.5. The maximum atomic E-state index is 15.0. The lowest BCUT2D eigenvalue weighted by Crippen LogP contribution is -2.43. The number of nitriles is 1. The van der Waals surface area contributed by atoms with Crippen LogP contribution >= 0.6 is 11.6 Å². The SMILES string of the molecule is N#Cc1cncc(N2CCC(F)(Cc3ccc(Cl)cc3)CC2)n1. The van der Waals surface area contributed by atoms with E-state index in [0.29, 0.717) is 43.2 Å². The number of aromatic nitrogens is 2.